The van der Waals surface area contributed by atoms with Crippen molar-refractivity contribution < 1.29 is 9.15 Å². The molecule has 0 saturated heterocycles. The van der Waals surface area contributed by atoms with Crippen molar-refractivity contribution in [1.29, 1.82) is 0 Å². The number of benzene rings is 14. The van der Waals surface area contributed by atoms with Crippen LogP contribution in [0.1, 0.15) is 0 Å². The van der Waals surface area contributed by atoms with Gasteiger partial charge in [-0.25, -0.2) is 0 Å². The molecule has 0 amide bonds. The number of ether oxygens (including phenoxy) is 1. The molecule has 89 heavy (non-hydrogen) atoms. The van der Waals surface area contributed by atoms with Crippen LogP contribution in [0, 0.1) is 0 Å². The van der Waals surface area contributed by atoms with Gasteiger partial charge in [0.1, 0.15) is 11.3 Å². The van der Waals surface area contributed by atoms with E-state index in [0.29, 0.717) is 0 Å². The van der Waals surface area contributed by atoms with Crippen LogP contribution in [-0.2, 0) is 0 Å². The van der Waals surface area contributed by atoms with E-state index in [9.17, 15) is 0 Å². The summed E-state index contributed by atoms with van der Waals surface area (Å²) in [6.07, 6.45) is 1.92. The Morgan fingerprint density at radius 1 is 0.326 bits per heavy atom. The molecule has 0 atom stereocenters. The average Bonchev–Trinajstić information content (AvgIpc) is 1.77. The Hall–Kier alpha value is -10.6. The largest absolute Gasteiger partial charge is 0.497 e. The van der Waals surface area contributed by atoms with Crippen molar-refractivity contribution >= 4 is 145 Å². The first-order valence-corrected chi connectivity index (χ1v) is 32.5. The average molecular weight is 1190 g/mol. The third-order valence-corrected chi connectivity index (χ3v) is 20.9. The Morgan fingerprint density at radius 3 is 1.46 bits per heavy atom. The fourth-order valence-electron chi connectivity index (χ4n) is 13.5. The quantitative estimate of drug-likeness (QED) is 0.135. The molecule has 6 heteroatoms. The highest BCUT2D eigenvalue weighted by molar-refractivity contribution is 7.27. The second kappa shape index (κ2) is 22.0. The third-order valence-electron chi connectivity index (χ3n) is 17.6. The van der Waals surface area contributed by atoms with Crippen LogP contribution >= 0.6 is 34.0 Å². The minimum Gasteiger partial charge on any atom is -0.497 e. The molecule has 4 aromatic heterocycles. The van der Waals surface area contributed by atoms with Gasteiger partial charge in [-0.3, -0.25) is 0 Å². The highest BCUT2D eigenvalue weighted by atomic mass is 32.1. The van der Waals surface area contributed by atoms with Gasteiger partial charge in [0.05, 0.1) is 13.4 Å². The summed E-state index contributed by atoms with van der Waals surface area (Å²) in [7, 11) is 1.72. The molecule has 14 aromatic carbocycles. The van der Waals surface area contributed by atoms with E-state index in [1.54, 1.807) is 18.4 Å². The van der Waals surface area contributed by atoms with Crippen molar-refractivity contribution in [3.63, 3.8) is 0 Å². The first-order chi connectivity index (χ1) is 44.1. The molecule has 0 saturated carbocycles. The number of fused-ring (bicyclic) bond motifs is 15. The van der Waals surface area contributed by atoms with Gasteiger partial charge in [-0.1, -0.05) is 194 Å². The van der Waals surface area contributed by atoms with Gasteiger partial charge < -0.3 is 14.1 Å². The van der Waals surface area contributed by atoms with E-state index in [0.717, 1.165) is 39.3 Å². The lowest BCUT2D eigenvalue weighted by Crippen LogP contribution is -2.09. The lowest BCUT2D eigenvalue weighted by Gasteiger charge is -2.25. The van der Waals surface area contributed by atoms with Gasteiger partial charge >= 0.3 is 0 Å². The molecule has 0 unspecified atom stereocenters. The van der Waals surface area contributed by atoms with Crippen LogP contribution < -0.4 is 9.64 Å². The summed E-state index contributed by atoms with van der Waals surface area (Å²) < 4.78 is 16.9. The topological polar surface area (TPSA) is 25.6 Å². The zero-order valence-electron chi connectivity index (χ0n) is 48.4. The number of anilines is 3. The number of furan rings is 1. The fraction of sp³-hybridized carbons (Fsp3) is 0.0120. The molecular weight excluding hydrogens is 1140 g/mol. The number of rotatable bonds is 9. The van der Waals surface area contributed by atoms with Crippen LogP contribution in [0.5, 0.6) is 5.75 Å². The smallest absolute Gasteiger partial charge is 0.134 e. The van der Waals surface area contributed by atoms with Gasteiger partial charge in [0.2, 0.25) is 0 Å². The monoisotopic (exact) mass is 1190 g/mol. The van der Waals surface area contributed by atoms with Crippen molar-refractivity contribution in [3.8, 4) is 60.7 Å². The summed E-state index contributed by atoms with van der Waals surface area (Å²) in [4.78, 5) is 3.60. The minimum absolute atomic E-state index is 0.868. The molecule has 0 bridgehead atoms. The number of thiophene rings is 3. The molecule has 4 heterocycles. The molecule has 0 aliphatic heterocycles. The summed E-state index contributed by atoms with van der Waals surface area (Å²) in [6.45, 7) is 0. The van der Waals surface area contributed by atoms with Gasteiger partial charge in [-0.15, -0.1) is 34.0 Å². The van der Waals surface area contributed by atoms with E-state index in [2.05, 4.69) is 289 Å². The van der Waals surface area contributed by atoms with Crippen LogP contribution in [0.2, 0.25) is 0 Å². The molecule has 3 nitrogen and oxygen atoms in total. The van der Waals surface area contributed by atoms with Crippen LogP contribution in [0.25, 0.3) is 149 Å². The van der Waals surface area contributed by atoms with Crippen molar-refractivity contribution in [1.82, 2.24) is 0 Å². The van der Waals surface area contributed by atoms with Gasteiger partial charge in [-0.05, 0) is 174 Å². The molecule has 0 N–H and O–H groups in total. The van der Waals surface area contributed by atoms with Gasteiger partial charge in [0.25, 0.3) is 0 Å². The summed E-state index contributed by atoms with van der Waals surface area (Å²) in [5.74, 6) is 0.868. The number of para-hydroxylation sites is 3. The molecular formula is C83H53NO2S3. The predicted molar refractivity (Wildman–Crippen MR) is 385 cm³/mol. The molecule has 18 aromatic rings. The first kappa shape index (κ1) is 52.7. The molecule has 18 rings (SSSR count). The lowest BCUT2D eigenvalue weighted by molar-refractivity contribution is 0.415. The van der Waals surface area contributed by atoms with Gasteiger partial charge in [-0.2, -0.15) is 0 Å². The molecule has 0 spiro atoms. The van der Waals surface area contributed by atoms with Crippen LogP contribution in [0.3, 0.4) is 0 Å². The highest BCUT2D eigenvalue weighted by Gasteiger charge is 2.22. The van der Waals surface area contributed by atoms with E-state index in [4.69, 9.17) is 9.15 Å². The molecule has 0 fully saturated rings. The predicted octanol–water partition coefficient (Wildman–Crippen LogP) is 25.3. The highest BCUT2D eigenvalue weighted by Crippen LogP contribution is 2.50. The van der Waals surface area contributed by atoms with Crippen molar-refractivity contribution in [2.75, 3.05) is 12.0 Å². The Kier molecular flexibility index (Phi) is 13.0. The summed E-state index contributed by atoms with van der Waals surface area (Å²) in [5.41, 5.74) is 15.2. The second-order valence-corrected chi connectivity index (χ2v) is 25.6. The summed E-state index contributed by atoms with van der Waals surface area (Å²) in [5, 5.41) is 18.8. The molecule has 420 valence electrons. The standard InChI is InChI=1S/C46H29NOS.C37H24OS2/c1-3-12-31(13-4-1)47(32-14-5-2-6-15-32)33-24-22-30(23-25-33)40-28-41-34(42-29-48-43-20-9-7-16-35(42)43)18-11-19-37(41)45-38(40)26-27-39-36-17-8-10-21-44(36)49-46(39)45;1-38-26-15-13-24(14-16-26)30-20-25-21-31(23-8-3-2-4-9-23)33(34-12-7-19-39-34)22-32(25)36-28(30)17-18-29-27-10-5-6-11-35(27)40-37(29)36/h1-29H;2-22H,1H3. The van der Waals surface area contributed by atoms with Crippen LogP contribution in [-0.4, -0.2) is 7.11 Å². The minimum atomic E-state index is 0.868. The van der Waals surface area contributed by atoms with Crippen LogP contribution in [0.4, 0.5) is 17.1 Å². The van der Waals surface area contributed by atoms with Gasteiger partial charge in [0.15, 0.2) is 0 Å². The number of nitrogens with zero attached hydrogens (tertiary/aromatic N) is 1. The Balaban J connectivity index is 0.000000141. The van der Waals surface area contributed by atoms with E-state index < -0.39 is 0 Å². The second-order valence-electron chi connectivity index (χ2n) is 22.6. The normalized spacial score (nSPS) is 11.7. The fourth-order valence-corrected chi connectivity index (χ4v) is 16.7. The van der Waals surface area contributed by atoms with Crippen LogP contribution in [0.15, 0.2) is 307 Å². The summed E-state index contributed by atoms with van der Waals surface area (Å²) >= 11 is 5.60. The Bertz CT molecular complexity index is 5650. The van der Waals surface area contributed by atoms with E-state index in [1.807, 2.05) is 41.1 Å². The zero-order chi connectivity index (χ0) is 58.9. The summed E-state index contributed by atoms with van der Waals surface area (Å²) in [6, 6.07) is 105. The number of methoxy groups -OCH3 is 1. The Morgan fingerprint density at radius 2 is 0.831 bits per heavy atom. The SMILES string of the molecule is COc1ccc(-c2cc3cc(-c4ccccc4)c(-c4cccs4)cc3c3c2ccc2c4ccccc4sc23)cc1.c1ccc(N(c2ccccc2)c2ccc(-c3cc4c(-c5coc6ccccc56)cccc4c4c3ccc3c5ccccc5sc34)cc2)cc1. The lowest BCUT2D eigenvalue weighted by atomic mass is 9.88. The van der Waals surface area contributed by atoms with E-state index >= 15 is 0 Å². The van der Waals surface area contributed by atoms with Crippen molar-refractivity contribution in [3.05, 3.63) is 303 Å². The zero-order valence-corrected chi connectivity index (χ0v) is 50.8. The molecule has 0 aliphatic rings. The van der Waals surface area contributed by atoms with Crippen molar-refractivity contribution in [2.24, 2.45) is 0 Å². The van der Waals surface area contributed by atoms with E-state index in [1.165, 1.54) is 133 Å². The maximum absolute atomic E-state index is 6.07. The maximum atomic E-state index is 6.07. The Labute approximate surface area is 526 Å². The number of hydrogen-bond donors (Lipinski definition) is 0. The third kappa shape index (κ3) is 9.06. The molecule has 0 aliphatic carbocycles. The van der Waals surface area contributed by atoms with Gasteiger partial charge in [0, 0.05) is 89.6 Å². The number of hydrogen-bond acceptors (Lipinski definition) is 6. The maximum Gasteiger partial charge on any atom is 0.134 e. The van der Waals surface area contributed by atoms with E-state index in [-0.39, 0.29) is 0 Å². The van der Waals surface area contributed by atoms with Crippen molar-refractivity contribution in [2.45, 2.75) is 0 Å². The molecule has 0 radical (unpaired) electrons. The first-order valence-electron chi connectivity index (χ1n) is 30.0.